The summed E-state index contributed by atoms with van der Waals surface area (Å²) in [5, 5.41) is 5.93. The van der Waals surface area contributed by atoms with Crippen LogP contribution in [0, 0.1) is 5.92 Å². The predicted octanol–water partition coefficient (Wildman–Crippen LogP) is 2.68. The Bertz CT molecular complexity index is 660. The fourth-order valence-electron chi connectivity index (χ4n) is 2.49. The van der Waals surface area contributed by atoms with Gasteiger partial charge in [0.05, 0.1) is 6.04 Å². The lowest BCUT2D eigenvalue weighted by molar-refractivity contribution is 0.231. The highest BCUT2D eigenvalue weighted by atomic mass is 16.2. The van der Waals surface area contributed by atoms with Crippen molar-refractivity contribution in [3.05, 3.63) is 48.0 Å². The lowest BCUT2D eigenvalue weighted by Gasteiger charge is -2.22. The van der Waals surface area contributed by atoms with Gasteiger partial charge in [0.25, 0.3) is 0 Å². The lowest BCUT2D eigenvalue weighted by atomic mass is 10.0. The third-order valence-corrected chi connectivity index (χ3v) is 4.00. The third kappa shape index (κ3) is 4.50. The monoisotopic (exact) mass is 329 g/mol. The molecule has 2 rings (SSSR count). The van der Waals surface area contributed by atoms with E-state index in [9.17, 15) is 4.79 Å². The van der Waals surface area contributed by atoms with Crippen molar-refractivity contribution in [2.24, 2.45) is 13.0 Å². The maximum atomic E-state index is 12.2. The van der Waals surface area contributed by atoms with Crippen LogP contribution in [-0.2, 0) is 13.6 Å². The zero-order valence-electron chi connectivity index (χ0n) is 15.1. The first kappa shape index (κ1) is 17.8. The Labute approximate surface area is 143 Å². The van der Waals surface area contributed by atoms with Crippen molar-refractivity contribution < 1.29 is 4.79 Å². The fourth-order valence-corrected chi connectivity index (χ4v) is 2.49. The Morgan fingerprint density at radius 2 is 1.92 bits per heavy atom. The molecular formula is C18H27N5O. The van der Waals surface area contributed by atoms with Crippen LogP contribution in [0.2, 0.25) is 0 Å². The number of carbonyl (C=O) groups is 1. The number of hydrogen-bond acceptors (Lipinski definition) is 3. The van der Waals surface area contributed by atoms with Gasteiger partial charge in [-0.1, -0.05) is 26.0 Å². The van der Waals surface area contributed by atoms with Crippen LogP contribution >= 0.6 is 0 Å². The number of benzene rings is 1. The van der Waals surface area contributed by atoms with Crippen molar-refractivity contribution in [2.75, 3.05) is 19.0 Å². The van der Waals surface area contributed by atoms with Crippen LogP contribution in [0.25, 0.3) is 0 Å². The molecule has 2 N–H and O–H groups in total. The molecule has 0 spiro atoms. The zero-order valence-corrected chi connectivity index (χ0v) is 15.1. The number of anilines is 1. The van der Waals surface area contributed by atoms with Crippen LogP contribution in [0.3, 0.4) is 0 Å². The summed E-state index contributed by atoms with van der Waals surface area (Å²) < 4.78 is 1.94. The number of imidazole rings is 1. The van der Waals surface area contributed by atoms with Crippen LogP contribution in [-0.4, -0.2) is 29.7 Å². The van der Waals surface area contributed by atoms with Crippen LogP contribution < -0.4 is 15.5 Å². The van der Waals surface area contributed by atoms with Crippen LogP contribution in [0.4, 0.5) is 10.5 Å². The topological polar surface area (TPSA) is 62.2 Å². The average molecular weight is 329 g/mol. The minimum Gasteiger partial charge on any atom is -0.378 e. The summed E-state index contributed by atoms with van der Waals surface area (Å²) in [7, 11) is 5.94. The molecule has 2 aromatic rings. The molecule has 0 fully saturated rings. The molecule has 1 atom stereocenters. The number of nitrogens with zero attached hydrogens (tertiary/aromatic N) is 3. The van der Waals surface area contributed by atoms with Crippen molar-refractivity contribution in [1.29, 1.82) is 0 Å². The molecule has 6 nitrogen and oxygen atoms in total. The van der Waals surface area contributed by atoms with Gasteiger partial charge in [-0.25, -0.2) is 9.78 Å². The van der Waals surface area contributed by atoms with Crippen LogP contribution in [0.15, 0.2) is 36.7 Å². The van der Waals surface area contributed by atoms with Crippen molar-refractivity contribution in [3.8, 4) is 0 Å². The Kier molecular flexibility index (Phi) is 5.84. The van der Waals surface area contributed by atoms with Crippen LogP contribution in [0.1, 0.15) is 31.3 Å². The molecule has 0 aliphatic carbocycles. The van der Waals surface area contributed by atoms with Gasteiger partial charge in [-0.15, -0.1) is 0 Å². The van der Waals surface area contributed by atoms with Crippen molar-refractivity contribution in [1.82, 2.24) is 20.2 Å². The number of carbonyl (C=O) groups excluding carboxylic acids is 1. The first-order chi connectivity index (χ1) is 11.4. The predicted molar refractivity (Wildman–Crippen MR) is 96.9 cm³/mol. The van der Waals surface area contributed by atoms with E-state index in [4.69, 9.17) is 0 Å². The number of urea groups is 1. The SMILES string of the molecule is CC(C)C(NC(=O)NCc1ccc(N(C)C)cc1)c1nccn1C. The highest BCUT2D eigenvalue weighted by Crippen LogP contribution is 2.19. The fraction of sp³-hybridized carbons (Fsp3) is 0.444. The molecule has 1 aromatic heterocycles. The van der Waals surface area contributed by atoms with Gasteiger partial charge in [0.2, 0.25) is 0 Å². The first-order valence-electron chi connectivity index (χ1n) is 8.16. The van der Waals surface area contributed by atoms with Gasteiger partial charge >= 0.3 is 6.03 Å². The molecule has 0 bridgehead atoms. The molecule has 0 aliphatic heterocycles. The normalized spacial score (nSPS) is 12.1. The second kappa shape index (κ2) is 7.86. The third-order valence-electron chi connectivity index (χ3n) is 4.00. The number of aromatic nitrogens is 2. The summed E-state index contributed by atoms with van der Waals surface area (Å²) in [6, 6.07) is 7.82. The summed E-state index contributed by atoms with van der Waals surface area (Å²) in [5.41, 5.74) is 2.20. The number of amides is 2. The van der Waals surface area contributed by atoms with Crippen molar-refractivity contribution in [3.63, 3.8) is 0 Å². The lowest BCUT2D eigenvalue weighted by Crippen LogP contribution is -2.40. The van der Waals surface area contributed by atoms with E-state index in [1.165, 1.54) is 0 Å². The molecule has 6 heteroatoms. The van der Waals surface area contributed by atoms with Gasteiger partial charge in [-0.05, 0) is 23.6 Å². The average Bonchev–Trinajstić information content (AvgIpc) is 2.96. The molecule has 2 amide bonds. The minimum atomic E-state index is -0.187. The van der Waals surface area contributed by atoms with E-state index in [2.05, 4.69) is 29.5 Å². The van der Waals surface area contributed by atoms with E-state index in [-0.39, 0.29) is 18.0 Å². The molecule has 1 unspecified atom stereocenters. The Morgan fingerprint density at radius 3 is 2.42 bits per heavy atom. The summed E-state index contributed by atoms with van der Waals surface area (Å²) in [4.78, 5) is 18.6. The Morgan fingerprint density at radius 1 is 1.25 bits per heavy atom. The van der Waals surface area contributed by atoms with E-state index in [1.807, 2.05) is 61.1 Å². The summed E-state index contributed by atoms with van der Waals surface area (Å²) >= 11 is 0. The maximum absolute atomic E-state index is 12.2. The molecule has 0 saturated carbocycles. The number of rotatable bonds is 6. The summed E-state index contributed by atoms with van der Waals surface area (Å²) in [5.74, 6) is 1.10. The standard InChI is InChI=1S/C18H27N5O/c1-13(2)16(17-19-10-11-23(17)5)21-18(24)20-12-14-6-8-15(9-7-14)22(3)4/h6-11,13,16H,12H2,1-5H3,(H2,20,21,24). The van der Waals surface area contributed by atoms with Gasteiger partial charge in [-0.3, -0.25) is 0 Å². The largest absolute Gasteiger partial charge is 0.378 e. The second-order valence-corrected chi connectivity index (χ2v) is 6.51. The van der Waals surface area contributed by atoms with Gasteiger partial charge in [0.1, 0.15) is 5.82 Å². The molecule has 1 heterocycles. The van der Waals surface area contributed by atoms with E-state index in [0.717, 1.165) is 17.1 Å². The van der Waals surface area contributed by atoms with Gasteiger partial charge in [0.15, 0.2) is 0 Å². The van der Waals surface area contributed by atoms with Crippen molar-refractivity contribution in [2.45, 2.75) is 26.4 Å². The van der Waals surface area contributed by atoms with Gasteiger partial charge in [-0.2, -0.15) is 0 Å². The molecule has 0 saturated heterocycles. The Hall–Kier alpha value is -2.50. The van der Waals surface area contributed by atoms with E-state index < -0.39 is 0 Å². The molecule has 24 heavy (non-hydrogen) atoms. The van der Waals surface area contributed by atoms with E-state index >= 15 is 0 Å². The molecule has 0 aliphatic rings. The second-order valence-electron chi connectivity index (χ2n) is 6.51. The Balaban J connectivity index is 1.93. The quantitative estimate of drug-likeness (QED) is 0.856. The van der Waals surface area contributed by atoms with Gasteiger partial charge in [0, 0.05) is 45.8 Å². The molecular weight excluding hydrogens is 302 g/mol. The summed E-state index contributed by atoms with van der Waals surface area (Å²) in [6.45, 7) is 4.63. The maximum Gasteiger partial charge on any atom is 0.315 e. The van der Waals surface area contributed by atoms with E-state index in [0.29, 0.717) is 6.54 Å². The minimum absolute atomic E-state index is 0.124. The smallest absolute Gasteiger partial charge is 0.315 e. The number of hydrogen-bond donors (Lipinski definition) is 2. The highest BCUT2D eigenvalue weighted by Gasteiger charge is 2.21. The van der Waals surface area contributed by atoms with Crippen molar-refractivity contribution >= 4 is 11.7 Å². The van der Waals surface area contributed by atoms with Crippen LogP contribution in [0.5, 0.6) is 0 Å². The molecule has 1 aromatic carbocycles. The zero-order chi connectivity index (χ0) is 17.7. The summed E-state index contributed by atoms with van der Waals surface area (Å²) in [6.07, 6.45) is 3.63. The number of aryl methyl sites for hydroxylation is 1. The van der Waals surface area contributed by atoms with E-state index in [1.54, 1.807) is 6.20 Å². The van der Waals surface area contributed by atoms with Gasteiger partial charge < -0.3 is 20.1 Å². The first-order valence-corrected chi connectivity index (χ1v) is 8.16. The molecule has 0 radical (unpaired) electrons. The highest BCUT2D eigenvalue weighted by molar-refractivity contribution is 5.74. The number of nitrogens with one attached hydrogen (secondary N) is 2. The molecule has 130 valence electrons.